The number of carbonyl (C=O) groups is 1. The van der Waals surface area contributed by atoms with Gasteiger partial charge in [0.05, 0.1) is 13.7 Å². The van der Waals surface area contributed by atoms with Crippen LogP contribution < -0.4 is 9.47 Å². The van der Waals surface area contributed by atoms with Crippen LogP contribution in [0.15, 0.2) is 36.4 Å². The molecule has 0 radical (unpaired) electrons. The Hall–Kier alpha value is -2.56. The van der Waals surface area contributed by atoms with Gasteiger partial charge >= 0.3 is 5.97 Å². The summed E-state index contributed by atoms with van der Waals surface area (Å²) >= 11 is 0. The van der Waals surface area contributed by atoms with Crippen LogP contribution in [-0.4, -0.2) is 29.8 Å². The lowest BCUT2D eigenvalue weighted by Crippen LogP contribution is -2.09. The number of aromatic nitrogens is 1. The van der Waals surface area contributed by atoms with Gasteiger partial charge in [-0.2, -0.15) is 0 Å². The number of nitrogens with zero attached hydrogens (tertiary/aromatic N) is 1. The molecule has 0 saturated heterocycles. The van der Waals surface area contributed by atoms with Gasteiger partial charge in [0, 0.05) is 12.1 Å². The average Bonchev–Trinajstić information content (AvgIpc) is 2.49. The first kappa shape index (κ1) is 14.8. The Morgan fingerprint density at radius 1 is 1.19 bits per heavy atom. The van der Waals surface area contributed by atoms with Crippen LogP contribution in [0.3, 0.4) is 0 Å². The highest BCUT2D eigenvalue weighted by Gasteiger charge is 2.13. The van der Waals surface area contributed by atoms with Gasteiger partial charge in [0.25, 0.3) is 0 Å². The molecule has 5 nitrogen and oxygen atoms in total. The summed E-state index contributed by atoms with van der Waals surface area (Å²) in [5.74, 6) is 0.00956. The Balaban J connectivity index is 1.98. The summed E-state index contributed by atoms with van der Waals surface area (Å²) in [6.45, 7) is 2.13. The zero-order chi connectivity index (χ0) is 15.2. The van der Waals surface area contributed by atoms with Gasteiger partial charge in [-0.15, -0.1) is 0 Å². The first-order valence-electron chi connectivity index (χ1n) is 6.57. The van der Waals surface area contributed by atoms with E-state index in [-0.39, 0.29) is 5.69 Å². The lowest BCUT2D eigenvalue weighted by atomic mass is 10.1. The summed E-state index contributed by atoms with van der Waals surface area (Å²) in [5.41, 5.74) is 1.69. The van der Waals surface area contributed by atoms with E-state index in [1.165, 1.54) is 0 Å². The van der Waals surface area contributed by atoms with Crippen molar-refractivity contribution in [1.29, 1.82) is 0 Å². The second kappa shape index (κ2) is 6.74. The highest BCUT2D eigenvalue weighted by Crippen LogP contribution is 2.18. The smallest absolute Gasteiger partial charge is 0.358 e. The van der Waals surface area contributed by atoms with Gasteiger partial charge in [-0.25, -0.2) is 9.78 Å². The third-order valence-corrected chi connectivity index (χ3v) is 3.01. The summed E-state index contributed by atoms with van der Waals surface area (Å²) in [6, 6.07) is 11.0. The first-order chi connectivity index (χ1) is 10.1. The molecule has 0 saturated carbocycles. The third-order valence-electron chi connectivity index (χ3n) is 3.01. The number of pyridine rings is 1. The first-order valence-corrected chi connectivity index (χ1v) is 6.57. The van der Waals surface area contributed by atoms with Crippen LogP contribution in [-0.2, 0) is 6.42 Å². The van der Waals surface area contributed by atoms with Gasteiger partial charge in [0.2, 0.25) is 0 Å². The lowest BCUT2D eigenvalue weighted by molar-refractivity contribution is 0.0685. The molecule has 1 aromatic carbocycles. The number of hydrogen-bond acceptors (Lipinski definition) is 4. The van der Waals surface area contributed by atoms with Gasteiger partial charge in [-0.1, -0.05) is 12.1 Å². The zero-order valence-corrected chi connectivity index (χ0v) is 12.0. The van der Waals surface area contributed by atoms with Crippen LogP contribution in [0.4, 0.5) is 0 Å². The molecule has 1 N–H and O–H groups in total. The molecule has 0 aliphatic carbocycles. The Morgan fingerprint density at radius 3 is 2.52 bits per heavy atom. The molecule has 0 spiro atoms. The molecule has 21 heavy (non-hydrogen) atoms. The van der Waals surface area contributed by atoms with E-state index in [9.17, 15) is 4.79 Å². The number of aromatic carboxylic acids is 1. The molecule has 1 heterocycles. The second-order valence-electron chi connectivity index (χ2n) is 4.55. The summed E-state index contributed by atoms with van der Waals surface area (Å²) in [4.78, 5) is 15.1. The van der Waals surface area contributed by atoms with Gasteiger partial charge in [-0.05, 0) is 36.8 Å². The number of carboxylic acids is 1. The van der Waals surface area contributed by atoms with E-state index in [4.69, 9.17) is 14.6 Å². The predicted molar refractivity (Wildman–Crippen MR) is 78.1 cm³/mol. The van der Waals surface area contributed by atoms with Gasteiger partial charge in [-0.3, -0.25) is 0 Å². The minimum Gasteiger partial charge on any atom is -0.497 e. The van der Waals surface area contributed by atoms with E-state index in [1.807, 2.05) is 24.3 Å². The van der Waals surface area contributed by atoms with Crippen molar-refractivity contribution in [2.45, 2.75) is 13.3 Å². The van der Waals surface area contributed by atoms with Gasteiger partial charge < -0.3 is 14.6 Å². The van der Waals surface area contributed by atoms with Crippen LogP contribution in [0.25, 0.3) is 0 Å². The topological polar surface area (TPSA) is 68.7 Å². The van der Waals surface area contributed by atoms with Crippen molar-refractivity contribution in [3.8, 4) is 11.5 Å². The maximum atomic E-state index is 11.1. The average molecular weight is 287 g/mol. The van der Waals surface area contributed by atoms with Crippen LogP contribution in [0, 0.1) is 6.92 Å². The zero-order valence-electron chi connectivity index (χ0n) is 12.0. The quantitative estimate of drug-likeness (QED) is 0.884. The van der Waals surface area contributed by atoms with Crippen molar-refractivity contribution < 1.29 is 19.4 Å². The molecule has 2 aromatic rings. The van der Waals surface area contributed by atoms with Gasteiger partial charge in [0.1, 0.15) is 5.75 Å². The molecule has 0 amide bonds. The largest absolute Gasteiger partial charge is 0.497 e. The summed E-state index contributed by atoms with van der Waals surface area (Å²) in [7, 11) is 1.62. The highest BCUT2D eigenvalue weighted by molar-refractivity contribution is 5.88. The van der Waals surface area contributed by atoms with Crippen molar-refractivity contribution in [1.82, 2.24) is 4.98 Å². The normalized spacial score (nSPS) is 10.2. The van der Waals surface area contributed by atoms with Crippen LogP contribution in [0.5, 0.6) is 11.5 Å². The summed E-state index contributed by atoms with van der Waals surface area (Å²) < 4.78 is 10.6. The molecule has 110 valence electrons. The minimum absolute atomic E-state index is 0.0512. The molecular formula is C16H17NO4. The maximum Gasteiger partial charge on any atom is 0.358 e. The monoisotopic (exact) mass is 287 g/mol. The molecule has 2 rings (SSSR count). The Labute approximate surface area is 123 Å². The SMILES string of the molecule is COc1ccc(CCOc2ccc(C)nc2C(=O)O)cc1. The van der Waals surface area contributed by atoms with Crippen LogP contribution in [0.1, 0.15) is 21.7 Å². The lowest BCUT2D eigenvalue weighted by Gasteiger charge is -2.09. The predicted octanol–water partition coefficient (Wildman–Crippen LogP) is 2.72. The summed E-state index contributed by atoms with van der Waals surface area (Å²) in [6.07, 6.45) is 0.678. The number of rotatable bonds is 6. The van der Waals surface area contributed by atoms with E-state index in [2.05, 4.69) is 4.98 Å². The molecule has 1 aromatic heterocycles. The third kappa shape index (κ3) is 3.95. The fraction of sp³-hybridized carbons (Fsp3) is 0.250. The van der Waals surface area contributed by atoms with Crippen molar-refractivity contribution in [3.05, 3.63) is 53.3 Å². The second-order valence-corrected chi connectivity index (χ2v) is 4.55. The molecule has 0 bridgehead atoms. The van der Waals surface area contributed by atoms with Crippen molar-refractivity contribution in [3.63, 3.8) is 0 Å². The van der Waals surface area contributed by atoms with E-state index >= 15 is 0 Å². The number of carboxylic acid groups (broad SMARTS) is 1. The number of benzene rings is 1. The molecule has 0 aliphatic rings. The molecule has 0 atom stereocenters. The molecule has 5 heteroatoms. The summed E-state index contributed by atoms with van der Waals surface area (Å²) in [5, 5.41) is 9.11. The van der Waals surface area contributed by atoms with Crippen LogP contribution in [0.2, 0.25) is 0 Å². The maximum absolute atomic E-state index is 11.1. The molecule has 0 unspecified atom stereocenters. The highest BCUT2D eigenvalue weighted by atomic mass is 16.5. The number of ether oxygens (including phenoxy) is 2. The molecule has 0 aliphatic heterocycles. The Morgan fingerprint density at radius 2 is 1.90 bits per heavy atom. The van der Waals surface area contributed by atoms with E-state index in [0.717, 1.165) is 11.3 Å². The fourth-order valence-corrected chi connectivity index (χ4v) is 1.88. The van der Waals surface area contributed by atoms with E-state index in [0.29, 0.717) is 24.5 Å². The standard InChI is InChI=1S/C16H17NO4/c1-11-3-8-14(15(17-11)16(18)19)21-10-9-12-4-6-13(20-2)7-5-12/h3-8H,9-10H2,1-2H3,(H,18,19). The number of hydrogen-bond donors (Lipinski definition) is 1. The molecule has 0 fully saturated rings. The number of aryl methyl sites for hydroxylation is 1. The van der Waals surface area contributed by atoms with E-state index in [1.54, 1.807) is 26.2 Å². The van der Waals surface area contributed by atoms with E-state index < -0.39 is 5.97 Å². The van der Waals surface area contributed by atoms with Crippen molar-refractivity contribution >= 4 is 5.97 Å². The molecular weight excluding hydrogens is 270 g/mol. The van der Waals surface area contributed by atoms with Crippen LogP contribution >= 0.6 is 0 Å². The Bertz CT molecular complexity index is 623. The minimum atomic E-state index is -1.09. The van der Waals surface area contributed by atoms with Gasteiger partial charge in [0.15, 0.2) is 11.4 Å². The fourth-order valence-electron chi connectivity index (χ4n) is 1.88. The Kier molecular flexibility index (Phi) is 4.77. The number of methoxy groups -OCH3 is 1. The van der Waals surface area contributed by atoms with Crippen molar-refractivity contribution in [2.24, 2.45) is 0 Å². The van der Waals surface area contributed by atoms with Crippen molar-refractivity contribution in [2.75, 3.05) is 13.7 Å².